The molecule has 0 saturated carbocycles. The van der Waals surface area contributed by atoms with Crippen molar-refractivity contribution in [2.24, 2.45) is 0 Å². The molecule has 4 nitrogen and oxygen atoms in total. The molecule has 0 fully saturated rings. The predicted molar refractivity (Wildman–Crippen MR) is 83.8 cm³/mol. The molecule has 104 valence electrons. The number of amides is 2. The maximum Gasteiger partial charge on any atom is 0.324 e. The first-order chi connectivity index (χ1) is 9.70. The van der Waals surface area contributed by atoms with E-state index in [0.717, 1.165) is 30.2 Å². The lowest BCUT2D eigenvalue weighted by molar-refractivity contribution is 0.262. The van der Waals surface area contributed by atoms with Gasteiger partial charge >= 0.3 is 6.03 Å². The van der Waals surface area contributed by atoms with Gasteiger partial charge in [0.1, 0.15) is 0 Å². The van der Waals surface area contributed by atoms with E-state index in [9.17, 15) is 4.79 Å². The number of halogens is 1. The molecule has 2 aromatic rings. The zero-order chi connectivity index (χ0) is 13.9. The van der Waals surface area contributed by atoms with E-state index < -0.39 is 0 Å². The smallest absolute Gasteiger partial charge is 0.312 e. The van der Waals surface area contributed by atoms with Crippen molar-refractivity contribution in [2.45, 2.75) is 13.0 Å². The molecule has 3 rings (SSSR count). The molecule has 20 heavy (non-hydrogen) atoms. The largest absolute Gasteiger partial charge is 0.324 e. The Kier molecular flexibility index (Phi) is 3.91. The average Bonchev–Trinajstić information content (AvgIpc) is 2.83. The van der Waals surface area contributed by atoms with Crippen LogP contribution in [-0.2, 0) is 13.0 Å². The van der Waals surface area contributed by atoms with Gasteiger partial charge in [-0.05, 0) is 48.9 Å². The molecule has 0 unspecified atom stereocenters. The number of carbonyl (C=O) groups is 1. The van der Waals surface area contributed by atoms with E-state index in [4.69, 9.17) is 11.6 Å². The third-order valence-corrected chi connectivity index (χ3v) is 4.44. The van der Waals surface area contributed by atoms with Crippen LogP contribution in [0.5, 0.6) is 0 Å². The van der Waals surface area contributed by atoms with Crippen LogP contribution < -0.4 is 16.0 Å². The maximum atomic E-state index is 11.9. The van der Waals surface area contributed by atoms with Gasteiger partial charge in [-0.3, -0.25) is 5.32 Å². The molecule has 1 aromatic carbocycles. The summed E-state index contributed by atoms with van der Waals surface area (Å²) in [6.07, 6.45) is 1.02. The molecule has 6 heteroatoms. The van der Waals surface area contributed by atoms with Gasteiger partial charge in [0.2, 0.25) is 0 Å². The first-order valence-electron chi connectivity index (χ1n) is 6.36. The standard InChI is InChI=1S/C14H14ClN3OS/c15-10-1-3-11(4-2-10)17-14(19)18-13-7-9-5-6-16-8-12(9)20-13/h1-4,7,16H,5-6,8H2,(H2,17,18,19). The molecule has 0 radical (unpaired) electrons. The average molecular weight is 308 g/mol. The quantitative estimate of drug-likeness (QED) is 0.792. The van der Waals surface area contributed by atoms with Crippen LogP contribution in [0.15, 0.2) is 30.3 Å². The number of hydrogen-bond donors (Lipinski definition) is 3. The second-order valence-electron chi connectivity index (χ2n) is 4.57. The van der Waals surface area contributed by atoms with Crippen molar-refractivity contribution < 1.29 is 4.79 Å². The monoisotopic (exact) mass is 307 g/mol. The van der Waals surface area contributed by atoms with Gasteiger partial charge in [0.15, 0.2) is 0 Å². The number of benzene rings is 1. The van der Waals surface area contributed by atoms with Gasteiger partial charge in [0.05, 0.1) is 5.00 Å². The Morgan fingerprint density at radius 2 is 2.05 bits per heavy atom. The minimum Gasteiger partial charge on any atom is -0.312 e. The van der Waals surface area contributed by atoms with Crippen LogP contribution in [0.2, 0.25) is 5.02 Å². The van der Waals surface area contributed by atoms with Crippen molar-refractivity contribution in [3.05, 3.63) is 45.8 Å². The highest BCUT2D eigenvalue weighted by Crippen LogP contribution is 2.29. The number of hydrogen-bond acceptors (Lipinski definition) is 3. The molecular weight excluding hydrogens is 294 g/mol. The number of nitrogens with one attached hydrogen (secondary N) is 3. The van der Waals surface area contributed by atoms with Gasteiger partial charge in [0, 0.05) is 22.1 Å². The molecular formula is C14H14ClN3OS. The summed E-state index contributed by atoms with van der Waals surface area (Å²) in [6.45, 7) is 1.89. The summed E-state index contributed by atoms with van der Waals surface area (Å²) in [6, 6.07) is 8.84. The number of rotatable bonds is 2. The van der Waals surface area contributed by atoms with E-state index in [-0.39, 0.29) is 6.03 Å². The highest BCUT2D eigenvalue weighted by molar-refractivity contribution is 7.16. The van der Waals surface area contributed by atoms with Crippen molar-refractivity contribution in [3.8, 4) is 0 Å². The Bertz CT molecular complexity index is 600. The number of anilines is 2. The fourth-order valence-electron chi connectivity index (χ4n) is 2.12. The Labute approximate surface area is 126 Å². The predicted octanol–water partition coefficient (Wildman–Crippen LogP) is 3.69. The highest BCUT2D eigenvalue weighted by Gasteiger charge is 2.14. The third kappa shape index (κ3) is 3.12. The molecule has 0 spiro atoms. The number of urea groups is 1. The molecule has 0 saturated heterocycles. The molecule has 3 N–H and O–H groups in total. The summed E-state index contributed by atoms with van der Waals surface area (Å²) in [5.74, 6) is 0. The summed E-state index contributed by atoms with van der Waals surface area (Å²) >= 11 is 7.42. The summed E-state index contributed by atoms with van der Waals surface area (Å²) in [4.78, 5) is 13.2. The van der Waals surface area contributed by atoms with E-state index in [1.807, 2.05) is 0 Å². The summed E-state index contributed by atoms with van der Waals surface area (Å²) < 4.78 is 0. The Balaban J connectivity index is 1.63. The van der Waals surface area contributed by atoms with Crippen molar-refractivity contribution >= 4 is 39.7 Å². The first-order valence-corrected chi connectivity index (χ1v) is 7.56. The molecule has 1 aliphatic heterocycles. The Morgan fingerprint density at radius 3 is 2.80 bits per heavy atom. The SMILES string of the molecule is O=C(Nc1ccc(Cl)cc1)Nc1cc2c(s1)CNCC2. The number of carbonyl (C=O) groups excluding carboxylic acids is 1. The van der Waals surface area contributed by atoms with Crippen LogP contribution in [0, 0.1) is 0 Å². The molecule has 0 bridgehead atoms. The van der Waals surface area contributed by atoms with E-state index in [0.29, 0.717) is 5.02 Å². The van der Waals surface area contributed by atoms with Crippen LogP contribution in [0.4, 0.5) is 15.5 Å². The fraction of sp³-hybridized carbons (Fsp3) is 0.214. The van der Waals surface area contributed by atoms with Gasteiger partial charge in [0.25, 0.3) is 0 Å². The molecule has 2 amide bonds. The van der Waals surface area contributed by atoms with Crippen molar-refractivity contribution in [3.63, 3.8) is 0 Å². The van der Waals surface area contributed by atoms with Crippen molar-refractivity contribution in [1.82, 2.24) is 5.32 Å². The molecule has 0 aliphatic carbocycles. The van der Waals surface area contributed by atoms with Crippen LogP contribution in [0.25, 0.3) is 0 Å². The molecule has 0 atom stereocenters. The third-order valence-electron chi connectivity index (χ3n) is 3.09. The lowest BCUT2D eigenvalue weighted by atomic mass is 10.1. The lowest BCUT2D eigenvalue weighted by Gasteiger charge is -2.10. The number of fused-ring (bicyclic) bond motifs is 1. The Hall–Kier alpha value is -1.56. The molecule has 1 aliphatic rings. The normalized spacial score (nSPS) is 13.7. The minimum atomic E-state index is -0.237. The van der Waals surface area contributed by atoms with Crippen LogP contribution in [-0.4, -0.2) is 12.6 Å². The van der Waals surface area contributed by atoms with Gasteiger partial charge in [-0.2, -0.15) is 0 Å². The van der Waals surface area contributed by atoms with Gasteiger partial charge in [-0.15, -0.1) is 11.3 Å². The summed E-state index contributed by atoms with van der Waals surface area (Å²) in [5, 5.41) is 10.5. The van der Waals surface area contributed by atoms with E-state index >= 15 is 0 Å². The van der Waals surface area contributed by atoms with Crippen molar-refractivity contribution in [1.29, 1.82) is 0 Å². The van der Waals surface area contributed by atoms with Crippen molar-refractivity contribution in [2.75, 3.05) is 17.2 Å². The fourth-order valence-corrected chi connectivity index (χ4v) is 3.32. The van der Waals surface area contributed by atoms with Crippen LogP contribution in [0.3, 0.4) is 0 Å². The van der Waals surface area contributed by atoms with E-state index in [1.54, 1.807) is 35.6 Å². The Morgan fingerprint density at radius 1 is 1.25 bits per heavy atom. The zero-order valence-corrected chi connectivity index (χ0v) is 12.3. The van der Waals surface area contributed by atoms with E-state index in [1.165, 1.54) is 10.4 Å². The topological polar surface area (TPSA) is 53.2 Å². The van der Waals surface area contributed by atoms with Gasteiger partial charge in [-0.25, -0.2) is 4.79 Å². The summed E-state index contributed by atoms with van der Waals surface area (Å²) in [5.41, 5.74) is 2.05. The number of thiophene rings is 1. The summed E-state index contributed by atoms with van der Waals surface area (Å²) in [7, 11) is 0. The highest BCUT2D eigenvalue weighted by atomic mass is 35.5. The molecule has 1 aromatic heterocycles. The van der Waals surface area contributed by atoms with Gasteiger partial charge in [-0.1, -0.05) is 11.6 Å². The lowest BCUT2D eigenvalue weighted by Crippen LogP contribution is -2.21. The maximum absolute atomic E-state index is 11.9. The first kappa shape index (κ1) is 13.4. The zero-order valence-electron chi connectivity index (χ0n) is 10.7. The van der Waals surface area contributed by atoms with Crippen LogP contribution in [0.1, 0.15) is 10.4 Å². The second kappa shape index (κ2) is 5.83. The van der Waals surface area contributed by atoms with Gasteiger partial charge < -0.3 is 10.6 Å². The van der Waals surface area contributed by atoms with Crippen LogP contribution >= 0.6 is 22.9 Å². The second-order valence-corrected chi connectivity index (χ2v) is 6.15. The minimum absolute atomic E-state index is 0.237. The van der Waals surface area contributed by atoms with E-state index in [2.05, 4.69) is 22.0 Å². The molecule has 2 heterocycles.